The van der Waals surface area contributed by atoms with Crippen LogP contribution in [0.25, 0.3) is 0 Å². The number of halogens is 1. The summed E-state index contributed by atoms with van der Waals surface area (Å²) in [5.74, 6) is 1.77. The Balaban J connectivity index is 0.00000324. The Kier molecular flexibility index (Phi) is 10.3. The van der Waals surface area contributed by atoms with Gasteiger partial charge in [0.25, 0.3) is 0 Å². The Labute approximate surface area is 133 Å². The summed E-state index contributed by atoms with van der Waals surface area (Å²) in [6, 6.07) is 8.01. The third-order valence-corrected chi connectivity index (χ3v) is 2.40. The summed E-state index contributed by atoms with van der Waals surface area (Å²) in [6.45, 7) is 9.11. The van der Waals surface area contributed by atoms with Crippen molar-refractivity contribution in [3.8, 4) is 5.75 Å². The van der Waals surface area contributed by atoms with Gasteiger partial charge < -0.3 is 15.4 Å². The Morgan fingerprint density at radius 3 is 2.37 bits per heavy atom. The molecule has 0 aliphatic rings. The molecule has 5 heteroatoms. The number of benzene rings is 1. The molecular formula is C14H24IN3O. The first-order valence-corrected chi connectivity index (χ1v) is 6.48. The topological polar surface area (TPSA) is 45.7 Å². The molecule has 0 spiro atoms. The lowest BCUT2D eigenvalue weighted by Gasteiger charge is -2.10. The Bertz CT molecular complexity index is 375. The standard InChI is InChI=1S/C14H23N3O.HI/c1-4-15-14(16-5-2)17-10-11-18-13-9-7-6-8-12(13)3;/h6-9H,4-5,10-11H2,1-3H3,(H2,15,16,17);1H. The normalized spacial score (nSPS) is 9.21. The van der Waals surface area contributed by atoms with E-state index in [-0.39, 0.29) is 24.0 Å². The maximum absolute atomic E-state index is 5.68. The predicted octanol–water partition coefficient (Wildman–Crippen LogP) is 2.57. The van der Waals surface area contributed by atoms with Crippen molar-refractivity contribution in [2.24, 2.45) is 4.99 Å². The molecule has 0 amide bonds. The minimum atomic E-state index is 0. The van der Waals surface area contributed by atoms with E-state index in [1.165, 1.54) is 0 Å². The van der Waals surface area contributed by atoms with Crippen LogP contribution in [-0.4, -0.2) is 32.2 Å². The Morgan fingerprint density at radius 2 is 1.79 bits per heavy atom. The fraction of sp³-hybridized carbons (Fsp3) is 0.500. The number of nitrogens with zero attached hydrogens (tertiary/aromatic N) is 1. The molecule has 1 rings (SSSR count). The molecular weight excluding hydrogens is 353 g/mol. The van der Waals surface area contributed by atoms with E-state index in [4.69, 9.17) is 4.74 Å². The summed E-state index contributed by atoms with van der Waals surface area (Å²) < 4.78 is 5.68. The summed E-state index contributed by atoms with van der Waals surface area (Å²) >= 11 is 0. The second-order valence-electron chi connectivity index (χ2n) is 3.90. The molecule has 1 aromatic carbocycles. The zero-order chi connectivity index (χ0) is 13.2. The van der Waals surface area contributed by atoms with E-state index in [1.807, 2.05) is 31.2 Å². The fourth-order valence-corrected chi connectivity index (χ4v) is 1.54. The van der Waals surface area contributed by atoms with Crippen LogP contribution in [0.2, 0.25) is 0 Å². The van der Waals surface area contributed by atoms with E-state index in [0.29, 0.717) is 13.2 Å². The van der Waals surface area contributed by atoms with Gasteiger partial charge in [-0.25, -0.2) is 4.99 Å². The number of hydrogen-bond donors (Lipinski definition) is 2. The third kappa shape index (κ3) is 7.25. The number of aryl methyl sites for hydroxylation is 1. The molecule has 19 heavy (non-hydrogen) atoms. The van der Waals surface area contributed by atoms with Gasteiger partial charge in [0, 0.05) is 13.1 Å². The summed E-state index contributed by atoms with van der Waals surface area (Å²) in [6.07, 6.45) is 0. The first-order valence-electron chi connectivity index (χ1n) is 6.48. The summed E-state index contributed by atoms with van der Waals surface area (Å²) in [5.41, 5.74) is 1.15. The molecule has 2 N–H and O–H groups in total. The lowest BCUT2D eigenvalue weighted by molar-refractivity contribution is 0.326. The summed E-state index contributed by atoms with van der Waals surface area (Å²) in [4.78, 5) is 4.42. The van der Waals surface area contributed by atoms with Gasteiger partial charge in [-0.05, 0) is 32.4 Å². The maximum Gasteiger partial charge on any atom is 0.191 e. The van der Waals surface area contributed by atoms with Gasteiger partial charge in [0.05, 0.1) is 6.54 Å². The van der Waals surface area contributed by atoms with Crippen molar-refractivity contribution in [1.82, 2.24) is 10.6 Å². The van der Waals surface area contributed by atoms with E-state index < -0.39 is 0 Å². The first kappa shape index (κ1) is 18.0. The quantitative estimate of drug-likeness (QED) is 0.347. The molecule has 0 aliphatic carbocycles. The molecule has 1 aromatic rings. The van der Waals surface area contributed by atoms with Gasteiger partial charge in [-0.2, -0.15) is 0 Å². The average molecular weight is 377 g/mol. The van der Waals surface area contributed by atoms with Crippen LogP contribution in [0.3, 0.4) is 0 Å². The van der Waals surface area contributed by atoms with Gasteiger partial charge in [-0.1, -0.05) is 18.2 Å². The molecule has 0 radical (unpaired) electrons. The maximum atomic E-state index is 5.68. The monoisotopic (exact) mass is 377 g/mol. The van der Waals surface area contributed by atoms with E-state index in [9.17, 15) is 0 Å². The molecule has 0 aromatic heterocycles. The fourth-order valence-electron chi connectivity index (χ4n) is 1.54. The van der Waals surface area contributed by atoms with Crippen molar-refractivity contribution < 1.29 is 4.74 Å². The van der Waals surface area contributed by atoms with Crippen molar-refractivity contribution in [3.63, 3.8) is 0 Å². The van der Waals surface area contributed by atoms with Crippen LogP contribution in [0.4, 0.5) is 0 Å². The molecule has 0 fully saturated rings. The van der Waals surface area contributed by atoms with Crippen molar-refractivity contribution in [1.29, 1.82) is 0 Å². The molecule has 4 nitrogen and oxygen atoms in total. The van der Waals surface area contributed by atoms with Crippen molar-refractivity contribution >= 4 is 29.9 Å². The van der Waals surface area contributed by atoms with Crippen LogP contribution in [-0.2, 0) is 0 Å². The molecule has 0 saturated carbocycles. The number of para-hydroxylation sites is 1. The number of nitrogens with one attached hydrogen (secondary N) is 2. The molecule has 0 aliphatic heterocycles. The Morgan fingerprint density at radius 1 is 1.16 bits per heavy atom. The molecule has 0 saturated heterocycles. The second kappa shape index (κ2) is 10.9. The van der Waals surface area contributed by atoms with Crippen LogP contribution in [0.1, 0.15) is 19.4 Å². The first-order chi connectivity index (χ1) is 8.77. The molecule has 0 bridgehead atoms. The molecule has 108 valence electrons. The van der Waals surface area contributed by atoms with Crippen LogP contribution in [0, 0.1) is 6.92 Å². The SMILES string of the molecule is CCNC(=NCCOc1ccccc1C)NCC.I. The zero-order valence-electron chi connectivity index (χ0n) is 11.9. The van der Waals surface area contributed by atoms with E-state index in [1.54, 1.807) is 0 Å². The number of hydrogen-bond acceptors (Lipinski definition) is 2. The van der Waals surface area contributed by atoms with Crippen LogP contribution < -0.4 is 15.4 Å². The number of guanidine groups is 1. The van der Waals surface area contributed by atoms with Gasteiger partial charge in [-0.15, -0.1) is 24.0 Å². The summed E-state index contributed by atoms with van der Waals surface area (Å²) in [5, 5.41) is 6.35. The molecule has 0 atom stereocenters. The van der Waals surface area contributed by atoms with Gasteiger partial charge in [0.1, 0.15) is 12.4 Å². The lowest BCUT2D eigenvalue weighted by atomic mass is 10.2. The molecule has 0 heterocycles. The van der Waals surface area contributed by atoms with Crippen molar-refractivity contribution in [3.05, 3.63) is 29.8 Å². The smallest absolute Gasteiger partial charge is 0.191 e. The van der Waals surface area contributed by atoms with E-state index in [2.05, 4.69) is 29.5 Å². The van der Waals surface area contributed by atoms with Gasteiger partial charge in [0.15, 0.2) is 5.96 Å². The van der Waals surface area contributed by atoms with Gasteiger partial charge in [-0.3, -0.25) is 0 Å². The highest BCUT2D eigenvalue weighted by Gasteiger charge is 1.97. The highest BCUT2D eigenvalue weighted by Crippen LogP contribution is 2.15. The average Bonchev–Trinajstić information content (AvgIpc) is 2.37. The summed E-state index contributed by atoms with van der Waals surface area (Å²) in [7, 11) is 0. The highest BCUT2D eigenvalue weighted by molar-refractivity contribution is 14.0. The van der Waals surface area contributed by atoms with Crippen molar-refractivity contribution in [2.75, 3.05) is 26.2 Å². The van der Waals surface area contributed by atoms with Crippen molar-refractivity contribution in [2.45, 2.75) is 20.8 Å². The number of ether oxygens (including phenoxy) is 1. The van der Waals surface area contributed by atoms with Crippen LogP contribution in [0.15, 0.2) is 29.3 Å². The van der Waals surface area contributed by atoms with Gasteiger partial charge >= 0.3 is 0 Å². The molecule has 0 unspecified atom stereocenters. The lowest BCUT2D eigenvalue weighted by Crippen LogP contribution is -2.37. The third-order valence-electron chi connectivity index (χ3n) is 2.40. The van der Waals surface area contributed by atoms with Crippen LogP contribution >= 0.6 is 24.0 Å². The minimum absolute atomic E-state index is 0. The van der Waals surface area contributed by atoms with Gasteiger partial charge in [0.2, 0.25) is 0 Å². The van der Waals surface area contributed by atoms with E-state index >= 15 is 0 Å². The highest BCUT2D eigenvalue weighted by atomic mass is 127. The second-order valence-corrected chi connectivity index (χ2v) is 3.90. The number of rotatable bonds is 6. The largest absolute Gasteiger partial charge is 0.491 e. The minimum Gasteiger partial charge on any atom is -0.491 e. The number of aliphatic imine (C=N–C) groups is 1. The van der Waals surface area contributed by atoms with Crippen LogP contribution in [0.5, 0.6) is 5.75 Å². The zero-order valence-corrected chi connectivity index (χ0v) is 14.2. The predicted molar refractivity (Wildman–Crippen MR) is 91.7 cm³/mol. The van der Waals surface area contributed by atoms with E-state index in [0.717, 1.165) is 30.4 Å². The Hall–Kier alpha value is -0.980.